The van der Waals surface area contributed by atoms with E-state index in [1.54, 1.807) is 0 Å². The first-order chi connectivity index (χ1) is 18.5. The quantitative estimate of drug-likeness (QED) is 0.270. The first-order valence-electron chi connectivity index (χ1n) is 12.8. The molecule has 0 N–H and O–H groups in total. The molecule has 0 amide bonds. The molecule has 3 nitrogen and oxygen atoms in total. The van der Waals surface area contributed by atoms with Gasteiger partial charge < -0.3 is 9.64 Å². The Morgan fingerprint density at radius 1 is 0.737 bits per heavy atom. The highest BCUT2D eigenvalue weighted by atomic mass is 16.5. The van der Waals surface area contributed by atoms with E-state index < -0.39 is 0 Å². The van der Waals surface area contributed by atoms with Gasteiger partial charge in [0.1, 0.15) is 25.6 Å². The molecule has 38 heavy (non-hydrogen) atoms. The van der Waals surface area contributed by atoms with E-state index in [0.29, 0.717) is 0 Å². The van der Waals surface area contributed by atoms with Crippen LogP contribution in [0.3, 0.4) is 0 Å². The number of allylic oxidation sites excluding steroid dienone is 8. The summed E-state index contributed by atoms with van der Waals surface area (Å²) in [5.74, 6) is 1.68. The van der Waals surface area contributed by atoms with Crippen molar-refractivity contribution in [1.82, 2.24) is 0 Å². The van der Waals surface area contributed by atoms with E-state index in [1.165, 1.54) is 22.5 Å². The number of benzene rings is 3. The fraction of sp³-hybridized carbons (Fsp3) is 0.114. The number of fused-ring (bicyclic) bond motifs is 1. The van der Waals surface area contributed by atoms with E-state index in [2.05, 4.69) is 139 Å². The zero-order valence-corrected chi connectivity index (χ0v) is 22.4. The average Bonchev–Trinajstić information content (AvgIpc) is 2.95. The lowest BCUT2D eigenvalue weighted by Gasteiger charge is -2.21. The zero-order chi connectivity index (χ0) is 26.5. The molecule has 1 aliphatic carbocycles. The average molecular weight is 498 g/mol. The fourth-order valence-electron chi connectivity index (χ4n) is 4.40. The molecule has 0 bridgehead atoms. The molecule has 0 saturated heterocycles. The van der Waals surface area contributed by atoms with Crippen LogP contribution in [0, 0.1) is 0 Å². The summed E-state index contributed by atoms with van der Waals surface area (Å²) in [5.41, 5.74) is 9.21. The van der Waals surface area contributed by atoms with Crippen molar-refractivity contribution in [2.75, 3.05) is 33.1 Å². The second-order valence-electron chi connectivity index (χ2n) is 9.82. The van der Waals surface area contributed by atoms with Gasteiger partial charge in [-0.3, -0.25) is 0 Å². The number of nitrogens with zero attached hydrogens (tertiary/aromatic N) is 2. The minimum atomic E-state index is 0.817. The second kappa shape index (κ2) is 11.2. The predicted octanol–water partition coefficient (Wildman–Crippen LogP) is 7.40. The summed E-state index contributed by atoms with van der Waals surface area (Å²) in [5, 5.41) is 0. The third-order valence-corrected chi connectivity index (χ3v) is 6.62. The molecule has 0 aromatic heterocycles. The van der Waals surface area contributed by atoms with Crippen LogP contribution < -0.4 is 9.64 Å². The Hall–Kier alpha value is -4.63. The lowest BCUT2D eigenvalue weighted by Crippen LogP contribution is -2.09. The van der Waals surface area contributed by atoms with Crippen LogP contribution in [0.1, 0.15) is 22.3 Å². The summed E-state index contributed by atoms with van der Waals surface area (Å²) < 4.78 is 8.44. The van der Waals surface area contributed by atoms with Crippen molar-refractivity contribution in [1.29, 1.82) is 0 Å². The Morgan fingerprint density at radius 2 is 1.42 bits per heavy atom. The normalized spacial score (nSPS) is 15.4. The van der Waals surface area contributed by atoms with Gasteiger partial charge in [0.2, 0.25) is 0 Å². The van der Waals surface area contributed by atoms with Crippen LogP contribution in [0.15, 0.2) is 127 Å². The van der Waals surface area contributed by atoms with Gasteiger partial charge in [-0.2, -0.15) is 0 Å². The van der Waals surface area contributed by atoms with Crippen LogP contribution >= 0.6 is 0 Å². The molecule has 188 valence electrons. The first kappa shape index (κ1) is 25.0. The summed E-state index contributed by atoms with van der Waals surface area (Å²) in [6.45, 7) is 0. The smallest absolute Gasteiger partial charge is 0.199 e. The van der Waals surface area contributed by atoms with Gasteiger partial charge in [0.15, 0.2) is 5.71 Å². The van der Waals surface area contributed by atoms with Crippen molar-refractivity contribution in [2.24, 2.45) is 0 Å². The number of hydrogen-bond donors (Lipinski definition) is 0. The van der Waals surface area contributed by atoms with E-state index in [9.17, 15) is 0 Å². The largest absolute Gasteiger partial charge is 0.457 e. The van der Waals surface area contributed by atoms with Crippen LogP contribution in [0.2, 0.25) is 0 Å². The van der Waals surface area contributed by atoms with Crippen LogP contribution in [0.5, 0.6) is 5.75 Å². The Bertz CT molecular complexity index is 1520. The standard InChI is InChI=1S/C35H33N2O/c1-36(2)30-18-12-26(13-19-30)10-11-28-17-23-35-34(24-28)33(29-8-6-5-7-9-29)25-32(38-35)22-16-27-14-20-31(21-15-27)37(3)4/h5-25H,1-4H3/q+1. The van der Waals surface area contributed by atoms with Gasteiger partial charge in [0.05, 0.1) is 0 Å². The second-order valence-corrected chi connectivity index (χ2v) is 9.82. The minimum absolute atomic E-state index is 0.817. The Labute approximate surface area is 226 Å². The molecule has 3 aromatic rings. The topological polar surface area (TPSA) is 15.5 Å². The summed E-state index contributed by atoms with van der Waals surface area (Å²) in [4.78, 5) is 2.11. The molecule has 0 spiro atoms. The molecule has 0 radical (unpaired) electrons. The highest BCUT2D eigenvalue weighted by Crippen LogP contribution is 2.38. The van der Waals surface area contributed by atoms with Crippen LogP contribution in [0.25, 0.3) is 17.7 Å². The van der Waals surface area contributed by atoms with Crippen LogP contribution in [-0.4, -0.2) is 38.5 Å². The number of ether oxygens (including phenoxy) is 1. The molecule has 5 rings (SSSR count). The molecular weight excluding hydrogens is 464 g/mol. The SMILES string of the molecule is CN(C)c1ccc(C=Cc2ccc3c(c2)C(c2ccccc2)=CC(=CC=C2C=CC(=[N+](C)C)C=C2)O3)cc1. The van der Waals surface area contributed by atoms with E-state index in [-0.39, 0.29) is 0 Å². The molecule has 3 aromatic carbocycles. The van der Waals surface area contributed by atoms with E-state index in [1.807, 2.05) is 26.2 Å². The van der Waals surface area contributed by atoms with Crippen LogP contribution in [-0.2, 0) is 0 Å². The number of rotatable bonds is 5. The molecule has 1 heterocycles. The van der Waals surface area contributed by atoms with E-state index in [4.69, 9.17) is 4.74 Å². The molecule has 3 heteroatoms. The van der Waals surface area contributed by atoms with Crippen molar-refractivity contribution in [3.63, 3.8) is 0 Å². The fourth-order valence-corrected chi connectivity index (χ4v) is 4.40. The lowest BCUT2D eigenvalue weighted by atomic mass is 9.93. The first-order valence-corrected chi connectivity index (χ1v) is 12.8. The third kappa shape index (κ3) is 5.84. The van der Waals surface area contributed by atoms with Gasteiger partial charge >= 0.3 is 0 Å². The van der Waals surface area contributed by atoms with Crippen molar-refractivity contribution < 1.29 is 9.31 Å². The molecular formula is C35H33N2O+. The summed E-state index contributed by atoms with van der Waals surface area (Å²) >= 11 is 0. The van der Waals surface area contributed by atoms with Crippen LogP contribution in [0.4, 0.5) is 5.69 Å². The maximum absolute atomic E-state index is 6.34. The Kier molecular flexibility index (Phi) is 7.37. The van der Waals surface area contributed by atoms with Gasteiger partial charge in [-0.1, -0.05) is 66.8 Å². The van der Waals surface area contributed by atoms with Crippen molar-refractivity contribution in [2.45, 2.75) is 0 Å². The van der Waals surface area contributed by atoms with Crippen molar-refractivity contribution in [3.8, 4) is 5.75 Å². The van der Waals surface area contributed by atoms with Gasteiger partial charge in [0, 0.05) is 37.5 Å². The highest BCUT2D eigenvalue weighted by Gasteiger charge is 2.18. The summed E-state index contributed by atoms with van der Waals surface area (Å²) in [6, 6.07) is 25.5. The maximum Gasteiger partial charge on any atom is 0.199 e. The van der Waals surface area contributed by atoms with Gasteiger partial charge in [-0.15, -0.1) is 0 Å². The zero-order valence-electron chi connectivity index (χ0n) is 22.4. The van der Waals surface area contributed by atoms with E-state index >= 15 is 0 Å². The number of anilines is 1. The highest BCUT2D eigenvalue weighted by molar-refractivity contribution is 6.02. The molecule has 0 unspecified atom stereocenters. The Morgan fingerprint density at radius 3 is 2.11 bits per heavy atom. The monoisotopic (exact) mass is 497 g/mol. The van der Waals surface area contributed by atoms with Gasteiger partial charge in [-0.05, 0) is 76.4 Å². The minimum Gasteiger partial charge on any atom is -0.457 e. The van der Waals surface area contributed by atoms with Gasteiger partial charge in [-0.25, -0.2) is 4.58 Å². The molecule has 2 aliphatic rings. The molecule has 0 saturated carbocycles. The summed E-state index contributed by atoms with van der Waals surface area (Å²) in [7, 11) is 8.21. The van der Waals surface area contributed by atoms with Gasteiger partial charge in [0.25, 0.3) is 0 Å². The Balaban J connectivity index is 1.45. The summed E-state index contributed by atoms with van der Waals surface area (Å²) in [6.07, 6.45) is 19.1. The van der Waals surface area contributed by atoms with E-state index in [0.717, 1.165) is 33.8 Å². The predicted molar refractivity (Wildman–Crippen MR) is 162 cm³/mol. The molecule has 0 atom stereocenters. The maximum atomic E-state index is 6.34. The number of hydrogen-bond acceptors (Lipinski definition) is 2. The molecule has 0 fully saturated rings. The molecule has 1 aliphatic heterocycles. The van der Waals surface area contributed by atoms with Crippen molar-refractivity contribution >= 4 is 29.1 Å². The third-order valence-electron chi connectivity index (χ3n) is 6.62. The lowest BCUT2D eigenvalue weighted by molar-refractivity contribution is -0.462. The van der Waals surface area contributed by atoms with Crippen molar-refractivity contribution in [3.05, 3.63) is 149 Å².